The average Bonchev–Trinajstić information content (AvgIpc) is 2.55. The minimum absolute atomic E-state index is 0.0461. The Labute approximate surface area is 166 Å². The molecule has 0 heterocycles. The highest BCUT2D eigenvalue weighted by atomic mass is 16.6. The van der Waals surface area contributed by atoms with Crippen molar-refractivity contribution in [1.82, 2.24) is 10.6 Å². The van der Waals surface area contributed by atoms with Crippen LogP contribution in [-0.4, -0.2) is 30.1 Å². The Morgan fingerprint density at radius 3 is 2.11 bits per heavy atom. The number of ether oxygens (including phenoxy) is 1. The summed E-state index contributed by atoms with van der Waals surface area (Å²) >= 11 is 0. The fourth-order valence-corrected chi connectivity index (χ4v) is 1.95. The zero-order valence-electron chi connectivity index (χ0n) is 17.5. The van der Waals surface area contributed by atoms with E-state index in [1.807, 2.05) is 39.0 Å². The molecular weight excluding hydrogens is 358 g/mol. The molecule has 7 nitrogen and oxygen atoms in total. The summed E-state index contributed by atoms with van der Waals surface area (Å²) in [6.45, 7) is 11.5. The van der Waals surface area contributed by atoms with E-state index in [9.17, 15) is 14.4 Å². The van der Waals surface area contributed by atoms with Gasteiger partial charge in [-0.05, 0) is 50.0 Å². The number of alkyl carbamates (subject to hydrolysis) is 1. The van der Waals surface area contributed by atoms with Crippen LogP contribution in [0.5, 0.6) is 0 Å². The molecule has 1 aromatic carbocycles. The van der Waals surface area contributed by atoms with Crippen LogP contribution in [0, 0.1) is 5.41 Å². The molecule has 3 N–H and O–H groups in total. The number of carbonyl (C=O) groups is 3. The second-order valence-corrected chi connectivity index (χ2v) is 8.52. The van der Waals surface area contributed by atoms with Crippen molar-refractivity contribution in [3.8, 4) is 0 Å². The Kier molecular flexibility index (Phi) is 8.22. The van der Waals surface area contributed by atoms with Gasteiger partial charge in [-0.1, -0.05) is 39.0 Å². The van der Waals surface area contributed by atoms with Gasteiger partial charge in [0, 0.05) is 12.2 Å². The topological polar surface area (TPSA) is 96.5 Å². The molecule has 1 aromatic rings. The van der Waals surface area contributed by atoms with Crippen LogP contribution < -0.4 is 16.0 Å². The lowest BCUT2D eigenvalue weighted by Gasteiger charge is -2.19. The summed E-state index contributed by atoms with van der Waals surface area (Å²) in [4.78, 5) is 35.2. The highest BCUT2D eigenvalue weighted by Gasteiger charge is 2.16. The summed E-state index contributed by atoms with van der Waals surface area (Å²) < 4.78 is 5.07. The van der Waals surface area contributed by atoms with Crippen LogP contribution in [0.1, 0.15) is 47.1 Å². The van der Waals surface area contributed by atoms with Crippen LogP contribution in [0.3, 0.4) is 0 Å². The van der Waals surface area contributed by atoms with Gasteiger partial charge in [0.15, 0.2) is 0 Å². The number of nitrogens with one attached hydrogen (secondary N) is 3. The van der Waals surface area contributed by atoms with E-state index in [1.54, 1.807) is 32.9 Å². The van der Waals surface area contributed by atoms with E-state index >= 15 is 0 Å². The van der Waals surface area contributed by atoms with Crippen LogP contribution in [0.2, 0.25) is 0 Å². The average molecular weight is 389 g/mol. The summed E-state index contributed by atoms with van der Waals surface area (Å²) in [6.07, 6.45) is 2.74. The van der Waals surface area contributed by atoms with Gasteiger partial charge in [-0.25, -0.2) is 4.79 Å². The van der Waals surface area contributed by atoms with Gasteiger partial charge < -0.3 is 20.7 Å². The maximum atomic E-state index is 11.9. The summed E-state index contributed by atoms with van der Waals surface area (Å²) in [7, 11) is 0. The van der Waals surface area contributed by atoms with Crippen LogP contribution in [0.4, 0.5) is 10.5 Å². The number of hydrogen-bond donors (Lipinski definition) is 3. The summed E-state index contributed by atoms with van der Waals surface area (Å²) in [6, 6.07) is 7.09. The lowest BCUT2D eigenvalue weighted by Crippen LogP contribution is -2.37. The zero-order chi connectivity index (χ0) is 21.4. The van der Waals surface area contributed by atoms with Gasteiger partial charge in [-0.3, -0.25) is 9.59 Å². The fourth-order valence-electron chi connectivity index (χ4n) is 1.95. The van der Waals surface area contributed by atoms with Crippen LogP contribution in [0.15, 0.2) is 36.4 Å². The van der Waals surface area contributed by atoms with Crippen LogP contribution in [0.25, 0.3) is 0 Å². The lowest BCUT2D eigenvalue weighted by atomic mass is 9.96. The van der Waals surface area contributed by atoms with Gasteiger partial charge in [0.25, 0.3) is 0 Å². The number of allylic oxidation sites excluding steroid dienone is 1. The Morgan fingerprint density at radius 1 is 0.964 bits per heavy atom. The Balaban J connectivity index is 2.42. The molecule has 0 saturated carbocycles. The van der Waals surface area contributed by atoms with Crippen molar-refractivity contribution in [3.05, 3.63) is 42.0 Å². The number of amides is 3. The zero-order valence-corrected chi connectivity index (χ0v) is 17.5. The second kappa shape index (κ2) is 9.92. The third-order valence-electron chi connectivity index (χ3n) is 3.23. The van der Waals surface area contributed by atoms with Crippen molar-refractivity contribution < 1.29 is 19.1 Å². The lowest BCUT2D eigenvalue weighted by molar-refractivity contribution is -0.117. The van der Waals surface area contributed by atoms with Gasteiger partial charge in [0.05, 0.1) is 0 Å². The van der Waals surface area contributed by atoms with Gasteiger partial charge in [-0.15, -0.1) is 0 Å². The molecule has 0 aliphatic rings. The molecule has 0 aromatic heterocycles. The molecule has 0 spiro atoms. The van der Waals surface area contributed by atoms with Crippen molar-refractivity contribution in [1.29, 1.82) is 0 Å². The molecule has 0 bridgehead atoms. The molecule has 3 amide bonds. The normalized spacial score (nSPS) is 11.8. The Hall–Kier alpha value is -2.83. The second-order valence-electron chi connectivity index (χ2n) is 8.52. The van der Waals surface area contributed by atoms with Gasteiger partial charge in [-0.2, -0.15) is 0 Å². The summed E-state index contributed by atoms with van der Waals surface area (Å²) in [5, 5.41) is 7.89. The first-order valence-electron chi connectivity index (χ1n) is 9.17. The molecule has 0 aliphatic heterocycles. The number of carbonyl (C=O) groups excluding carboxylic acids is 3. The largest absolute Gasteiger partial charge is 0.444 e. The number of rotatable bonds is 6. The Morgan fingerprint density at radius 2 is 1.57 bits per heavy atom. The molecule has 154 valence electrons. The number of benzene rings is 1. The molecule has 0 fully saturated rings. The molecule has 0 radical (unpaired) electrons. The standard InChI is InChI=1S/C21H31N3O4/c1-20(2,3)12-11-17(25)22-13-15-7-9-16(10-8-15)24-18(26)14-23-19(27)28-21(4,5)6/h7-12H,13-14H2,1-6H3,(H,22,25)(H,23,27)(H,24,26)/b12-11+. The van der Waals surface area contributed by atoms with E-state index in [-0.39, 0.29) is 23.8 Å². The van der Waals surface area contributed by atoms with Crippen molar-refractivity contribution >= 4 is 23.6 Å². The highest BCUT2D eigenvalue weighted by Crippen LogP contribution is 2.14. The maximum absolute atomic E-state index is 11.9. The summed E-state index contributed by atoms with van der Waals surface area (Å²) in [5.41, 5.74) is 0.838. The van der Waals surface area contributed by atoms with Crippen LogP contribution in [-0.2, 0) is 20.9 Å². The third kappa shape index (κ3) is 11.0. The Bertz CT molecular complexity index is 711. The van der Waals surface area contributed by atoms with Crippen molar-refractivity contribution in [2.24, 2.45) is 5.41 Å². The van der Waals surface area contributed by atoms with E-state index in [1.165, 1.54) is 6.08 Å². The number of anilines is 1. The van der Waals surface area contributed by atoms with Gasteiger partial charge in [0.2, 0.25) is 11.8 Å². The molecule has 0 atom stereocenters. The van der Waals surface area contributed by atoms with E-state index in [0.717, 1.165) is 5.56 Å². The molecule has 0 unspecified atom stereocenters. The SMILES string of the molecule is CC(C)(C)/C=C/C(=O)NCc1ccc(NC(=O)CNC(=O)OC(C)(C)C)cc1. The van der Waals surface area contributed by atoms with E-state index in [0.29, 0.717) is 12.2 Å². The first-order valence-corrected chi connectivity index (χ1v) is 9.17. The highest BCUT2D eigenvalue weighted by molar-refractivity contribution is 5.93. The van der Waals surface area contributed by atoms with E-state index in [2.05, 4.69) is 16.0 Å². The van der Waals surface area contributed by atoms with Gasteiger partial charge in [0.1, 0.15) is 12.1 Å². The molecule has 0 aliphatic carbocycles. The predicted octanol–water partition coefficient (Wildman–Crippen LogP) is 3.37. The third-order valence-corrected chi connectivity index (χ3v) is 3.23. The minimum atomic E-state index is -0.644. The van der Waals surface area contributed by atoms with E-state index in [4.69, 9.17) is 4.74 Å². The quantitative estimate of drug-likeness (QED) is 0.650. The smallest absolute Gasteiger partial charge is 0.408 e. The van der Waals surface area contributed by atoms with Crippen molar-refractivity contribution in [2.75, 3.05) is 11.9 Å². The first kappa shape index (κ1) is 23.2. The van der Waals surface area contributed by atoms with Gasteiger partial charge >= 0.3 is 6.09 Å². The summed E-state index contributed by atoms with van der Waals surface area (Å²) in [5.74, 6) is -0.514. The molecule has 1 rings (SSSR count). The molecular formula is C21H31N3O4. The fraction of sp³-hybridized carbons (Fsp3) is 0.476. The van der Waals surface area contributed by atoms with Crippen molar-refractivity contribution in [3.63, 3.8) is 0 Å². The molecule has 28 heavy (non-hydrogen) atoms. The molecule has 0 saturated heterocycles. The first-order chi connectivity index (χ1) is 12.8. The minimum Gasteiger partial charge on any atom is -0.444 e. The predicted molar refractivity (Wildman–Crippen MR) is 110 cm³/mol. The molecule has 7 heteroatoms. The van der Waals surface area contributed by atoms with Crippen molar-refractivity contribution in [2.45, 2.75) is 53.7 Å². The number of hydrogen-bond acceptors (Lipinski definition) is 4. The van der Waals surface area contributed by atoms with E-state index < -0.39 is 11.7 Å². The maximum Gasteiger partial charge on any atom is 0.408 e. The van der Waals surface area contributed by atoms with Crippen LogP contribution >= 0.6 is 0 Å². The monoisotopic (exact) mass is 389 g/mol.